The molecule has 3 rings (SSSR count). The molecule has 130 valence electrons. The molecule has 1 aromatic heterocycles. The summed E-state index contributed by atoms with van der Waals surface area (Å²) in [5.74, 6) is -0.639. The third-order valence-electron chi connectivity index (χ3n) is 4.07. The average Bonchev–Trinajstić information content (AvgIpc) is 2.95. The number of benzene rings is 1. The maximum Gasteiger partial charge on any atom is 0.341 e. The highest BCUT2D eigenvalue weighted by Gasteiger charge is 2.31. The smallest absolute Gasteiger partial charge is 0.341 e. The first-order valence-electron chi connectivity index (χ1n) is 7.78. The minimum absolute atomic E-state index is 0.0527. The number of hydrogen-bond acceptors (Lipinski definition) is 5. The third-order valence-corrected chi connectivity index (χ3v) is 4.27. The molecule has 7 heteroatoms. The lowest BCUT2D eigenvalue weighted by Crippen LogP contribution is -2.39. The highest BCUT2D eigenvalue weighted by atomic mass is 35.5. The number of anilines is 1. The summed E-state index contributed by atoms with van der Waals surface area (Å²) in [5.41, 5.74) is 2.16. The summed E-state index contributed by atoms with van der Waals surface area (Å²) < 4.78 is 10.2. The Morgan fingerprint density at radius 2 is 2.12 bits per heavy atom. The normalized spacial score (nSPS) is 15.6. The number of methoxy groups -OCH3 is 1. The van der Waals surface area contributed by atoms with Gasteiger partial charge in [-0.15, -0.1) is 0 Å². The highest BCUT2D eigenvalue weighted by molar-refractivity contribution is 6.29. The Kier molecular flexibility index (Phi) is 4.90. The zero-order valence-corrected chi connectivity index (χ0v) is 14.6. The van der Waals surface area contributed by atoms with Crippen molar-refractivity contribution in [1.82, 2.24) is 4.98 Å². The van der Waals surface area contributed by atoms with Crippen molar-refractivity contribution < 1.29 is 19.1 Å². The van der Waals surface area contributed by atoms with Gasteiger partial charge in [-0.1, -0.05) is 29.8 Å². The molecule has 0 saturated carbocycles. The summed E-state index contributed by atoms with van der Waals surface area (Å²) in [4.78, 5) is 30.1. The van der Waals surface area contributed by atoms with Crippen LogP contribution in [0.1, 0.15) is 22.8 Å². The van der Waals surface area contributed by atoms with Crippen LogP contribution in [0.3, 0.4) is 0 Å². The molecule has 0 unspecified atom stereocenters. The number of fused-ring (bicyclic) bond motifs is 1. The Balaban J connectivity index is 1.76. The number of para-hydroxylation sites is 1. The standard InChI is InChI=1S/C18H17ClN2O4/c1-11-7-12-5-3-4-6-14(12)21(11)17(22)10-25-15-9-20-16(19)8-13(15)18(23)24-2/h3-6,8-9,11H,7,10H2,1-2H3/t11-/m1/s1. The molecule has 25 heavy (non-hydrogen) atoms. The number of nitrogens with zero attached hydrogens (tertiary/aromatic N) is 2. The number of pyridine rings is 1. The van der Waals surface area contributed by atoms with Crippen molar-refractivity contribution in [3.8, 4) is 5.75 Å². The molecular formula is C18H17ClN2O4. The molecule has 0 radical (unpaired) electrons. The Morgan fingerprint density at radius 3 is 2.88 bits per heavy atom. The van der Waals surface area contributed by atoms with Gasteiger partial charge in [0, 0.05) is 11.7 Å². The number of esters is 1. The maximum absolute atomic E-state index is 12.6. The minimum atomic E-state index is -0.605. The summed E-state index contributed by atoms with van der Waals surface area (Å²) in [7, 11) is 1.26. The molecule has 1 amide bonds. The van der Waals surface area contributed by atoms with E-state index in [1.165, 1.54) is 19.4 Å². The third kappa shape index (κ3) is 3.44. The fourth-order valence-electron chi connectivity index (χ4n) is 2.96. The number of ether oxygens (including phenoxy) is 2. The van der Waals surface area contributed by atoms with E-state index < -0.39 is 5.97 Å². The van der Waals surface area contributed by atoms with Gasteiger partial charge in [0.25, 0.3) is 5.91 Å². The molecule has 2 heterocycles. The van der Waals surface area contributed by atoms with Crippen LogP contribution >= 0.6 is 11.6 Å². The van der Waals surface area contributed by atoms with E-state index in [0.29, 0.717) is 0 Å². The molecule has 6 nitrogen and oxygen atoms in total. The van der Waals surface area contributed by atoms with Crippen molar-refractivity contribution in [2.45, 2.75) is 19.4 Å². The van der Waals surface area contributed by atoms with Crippen molar-refractivity contribution >= 4 is 29.2 Å². The quantitative estimate of drug-likeness (QED) is 0.619. The predicted molar refractivity (Wildman–Crippen MR) is 93.2 cm³/mol. The summed E-state index contributed by atoms with van der Waals surface area (Å²) in [6, 6.07) is 9.19. The summed E-state index contributed by atoms with van der Waals surface area (Å²) in [5, 5.41) is 0.140. The number of carbonyl (C=O) groups excluding carboxylic acids is 2. The highest BCUT2D eigenvalue weighted by Crippen LogP contribution is 2.32. The SMILES string of the molecule is COC(=O)c1cc(Cl)ncc1OCC(=O)N1c2ccccc2C[C@H]1C. The van der Waals surface area contributed by atoms with Crippen LogP contribution in [0.15, 0.2) is 36.5 Å². The van der Waals surface area contributed by atoms with E-state index in [1.807, 2.05) is 31.2 Å². The van der Waals surface area contributed by atoms with Crippen LogP contribution in [0.4, 0.5) is 5.69 Å². The molecule has 0 fully saturated rings. The number of amides is 1. The molecule has 0 spiro atoms. The zero-order chi connectivity index (χ0) is 18.0. The molecule has 1 atom stereocenters. The first-order valence-corrected chi connectivity index (χ1v) is 8.15. The maximum atomic E-state index is 12.6. The van der Waals surface area contributed by atoms with Crippen molar-refractivity contribution in [3.63, 3.8) is 0 Å². The van der Waals surface area contributed by atoms with Crippen molar-refractivity contribution in [2.24, 2.45) is 0 Å². The van der Waals surface area contributed by atoms with Gasteiger partial charge in [0.1, 0.15) is 10.7 Å². The topological polar surface area (TPSA) is 68.7 Å². The van der Waals surface area contributed by atoms with Gasteiger partial charge < -0.3 is 14.4 Å². The Bertz CT molecular complexity index is 824. The van der Waals surface area contributed by atoms with Crippen LogP contribution in [-0.2, 0) is 16.0 Å². The molecule has 1 aliphatic rings. The lowest BCUT2D eigenvalue weighted by atomic mass is 10.1. The van der Waals surface area contributed by atoms with Crippen LogP contribution < -0.4 is 9.64 Å². The molecule has 1 aromatic carbocycles. The van der Waals surface area contributed by atoms with Gasteiger partial charge in [0.15, 0.2) is 12.4 Å². The number of rotatable bonds is 4. The van der Waals surface area contributed by atoms with Gasteiger partial charge in [0.2, 0.25) is 0 Å². The largest absolute Gasteiger partial charge is 0.481 e. The Labute approximate surface area is 150 Å². The van der Waals surface area contributed by atoms with Crippen LogP contribution in [0.5, 0.6) is 5.75 Å². The van der Waals surface area contributed by atoms with Gasteiger partial charge in [-0.2, -0.15) is 0 Å². The second kappa shape index (κ2) is 7.11. The van der Waals surface area contributed by atoms with Gasteiger partial charge in [-0.3, -0.25) is 4.79 Å². The van der Waals surface area contributed by atoms with Gasteiger partial charge >= 0.3 is 5.97 Å². The van der Waals surface area contributed by atoms with E-state index >= 15 is 0 Å². The fraction of sp³-hybridized carbons (Fsp3) is 0.278. The second-order valence-corrected chi connectivity index (χ2v) is 6.12. The Hall–Kier alpha value is -2.60. The molecular weight excluding hydrogens is 344 g/mol. The van der Waals surface area contributed by atoms with E-state index in [4.69, 9.17) is 21.1 Å². The van der Waals surface area contributed by atoms with E-state index in [2.05, 4.69) is 4.98 Å². The second-order valence-electron chi connectivity index (χ2n) is 5.73. The lowest BCUT2D eigenvalue weighted by Gasteiger charge is -2.23. The predicted octanol–water partition coefficient (Wildman–Crippen LogP) is 2.88. The van der Waals surface area contributed by atoms with Crippen LogP contribution in [0, 0.1) is 0 Å². The average molecular weight is 361 g/mol. The number of carbonyl (C=O) groups is 2. The van der Waals surface area contributed by atoms with Gasteiger partial charge in [-0.25, -0.2) is 9.78 Å². The number of hydrogen-bond donors (Lipinski definition) is 0. The van der Waals surface area contributed by atoms with E-state index in [0.717, 1.165) is 17.7 Å². The van der Waals surface area contributed by atoms with E-state index in [-0.39, 0.29) is 35.0 Å². The van der Waals surface area contributed by atoms with Gasteiger partial charge in [-0.05, 0) is 31.0 Å². The van der Waals surface area contributed by atoms with Crippen LogP contribution in [0.2, 0.25) is 5.15 Å². The molecule has 0 bridgehead atoms. The van der Waals surface area contributed by atoms with Crippen molar-refractivity contribution in [2.75, 3.05) is 18.6 Å². The number of aromatic nitrogens is 1. The zero-order valence-electron chi connectivity index (χ0n) is 13.9. The molecule has 0 N–H and O–H groups in total. The molecule has 2 aromatic rings. The Morgan fingerprint density at radius 1 is 1.36 bits per heavy atom. The molecule has 0 aliphatic carbocycles. The van der Waals surface area contributed by atoms with E-state index in [1.54, 1.807) is 4.90 Å². The first kappa shape index (κ1) is 17.2. The monoisotopic (exact) mass is 360 g/mol. The van der Waals surface area contributed by atoms with Crippen LogP contribution in [0.25, 0.3) is 0 Å². The van der Waals surface area contributed by atoms with Crippen LogP contribution in [-0.4, -0.2) is 36.6 Å². The van der Waals surface area contributed by atoms with Crippen molar-refractivity contribution in [1.29, 1.82) is 0 Å². The first-order chi connectivity index (χ1) is 12.0. The molecule has 1 aliphatic heterocycles. The number of halogens is 1. The van der Waals surface area contributed by atoms with Gasteiger partial charge in [0.05, 0.1) is 13.3 Å². The lowest BCUT2D eigenvalue weighted by molar-refractivity contribution is -0.120. The fourth-order valence-corrected chi connectivity index (χ4v) is 3.11. The summed E-state index contributed by atoms with van der Waals surface area (Å²) >= 11 is 5.81. The van der Waals surface area contributed by atoms with E-state index in [9.17, 15) is 9.59 Å². The summed E-state index contributed by atoms with van der Waals surface area (Å²) in [6.07, 6.45) is 2.11. The van der Waals surface area contributed by atoms with Crippen molar-refractivity contribution in [3.05, 3.63) is 52.8 Å². The summed E-state index contributed by atoms with van der Waals surface area (Å²) in [6.45, 7) is 1.77. The molecule has 0 saturated heterocycles. The minimum Gasteiger partial charge on any atom is -0.481 e.